The number of fused-ring (bicyclic) bond motifs is 1. The minimum Gasteiger partial charge on any atom is -0.508 e. The van der Waals surface area contributed by atoms with E-state index in [0.29, 0.717) is 30.2 Å². The first kappa shape index (κ1) is 21.2. The molecule has 6 aliphatic rings. The largest absolute Gasteiger partial charge is 0.508 e. The maximum absolute atomic E-state index is 13.6. The minimum atomic E-state index is -0.620. The fourth-order valence-electron chi connectivity index (χ4n) is 9.90. The van der Waals surface area contributed by atoms with E-state index in [9.17, 15) is 19.5 Å². The number of nitrogens with zero attached hydrogens (tertiary/aromatic N) is 2. The van der Waals surface area contributed by atoms with Gasteiger partial charge < -0.3 is 15.0 Å². The Hall–Kier alpha value is -2.87. The Labute approximate surface area is 208 Å². The molecular formula is C28H32N4O4. The third-order valence-corrected chi connectivity index (χ3v) is 11.1. The average molecular weight is 489 g/mol. The van der Waals surface area contributed by atoms with Crippen molar-refractivity contribution >= 4 is 5.91 Å². The van der Waals surface area contributed by atoms with Gasteiger partial charge in [-0.15, -0.1) is 0 Å². The van der Waals surface area contributed by atoms with Crippen LogP contribution in [0.2, 0.25) is 0 Å². The number of aromatic nitrogens is 2. The van der Waals surface area contributed by atoms with Crippen LogP contribution >= 0.6 is 0 Å². The third kappa shape index (κ3) is 2.51. The molecule has 0 spiro atoms. The number of aromatic amines is 2. The lowest BCUT2D eigenvalue weighted by Gasteiger charge is -2.66. The van der Waals surface area contributed by atoms with Gasteiger partial charge in [0, 0.05) is 36.8 Å². The number of phenolic OH excluding ortho intramolecular Hbond substituents is 1. The topological polar surface area (TPSA) is 109 Å². The highest BCUT2D eigenvalue weighted by Crippen LogP contribution is 2.75. The second kappa shape index (κ2) is 6.91. The summed E-state index contributed by atoms with van der Waals surface area (Å²) in [6.07, 6.45) is 9.27. The van der Waals surface area contributed by atoms with E-state index in [1.54, 1.807) is 0 Å². The molecule has 1 aromatic carbocycles. The van der Waals surface area contributed by atoms with Crippen LogP contribution in [-0.4, -0.2) is 62.5 Å². The third-order valence-electron chi connectivity index (χ3n) is 11.1. The molecule has 8 nitrogen and oxygen atoms in total. The van der Waals surface area contributed by atoms with Gasteiger partial charge in [-0.25, -0.2) is 4.79 Å². The predicted octanol–water partition coefficient (Wildman–Crippen LogP) is 1.99. The molecule has 6 atom stereocenters. The van der Waals surface area contributed by atoms with Gasteiger partial charge in [0.2, 0.25) is 0 Å². The van der Waals surface area contributed by atoms with Gasteiger partial charge in [-0.3, -0.25) is 19.5 Å². The fraction of sp³-hybridized carbons (Fsp3) is 0.607. The number of piperidine rings is 1. The maximum atomic E-state index is 13.6. The monoisotopic (exact) mass is 488 g/mol. The van der Waals surface area contributed by atoms with Crippen molar-refractivity contribution in [1.82, 2.24) is 19.8 Å². The summed E-state index contributed by atoms with van der Waals surface area (Å²) < 4.78 is 0. The first-order valence-corrected chi connectivity index (χ1v) is 13.6. The molecule has 3 saturated carbocycles. The number of carbonyl (C=O) groups is 1. The van der Waals surface area contributed by atoms with E-state index in [1.807, 2.05) is 17.0 Å². The molecule has 2 saturated heterocycles. The Morgan fingerprint density at radius 3 is 2.83 bits per heavy atom. The van der Waals surface area contributed by atoms with Crippen molar-refractivity contribution in [2.24, 2.45) is 23.2 Å². The number of hydrogen-bond donors (Lipinski definition) is 3. The van der Waals surface area contributed by atoms with Crippen molar-refractivity contribution in [3.8, 4) is 5.75 Å². The molecular weight excluding hydrogens is 456 g/mol. The van der Waals surface area contributed by atoms with Crippen molar-refractivity contribution in [1.29, 1.82) is 0 Å². The van der Waals surface area contributed by atoms with Crippen LogP contribution in [0.15, 0.2) is 34.0 Å². The van der Waals surface area contributed by atoms with Gasteiger partial charge in [0.25, 0.3) is 11.5 Å². The van der Waals surface area contributed by atoms with Gasteiger partial charge >= 0.3 is 5.69 Å². The summed E-state index contributed by atoms with van der Waals surface area (Å²) in [6.45, 7) is 2.97. The van der Waals surface area contributed by atoms with E-state index < -0.39 is 11.2 Å². The summed E-state index contributed by atoms with van der Waals surface area (Å²) in [5, 5.41) is 10.6. The van der Waals surface area contributed by atoms with E-state index in [0.717, 1.165) is 44.6 Å². The number of carbonyl (C=O) groups excluding carboxylic acids is 1. The van der Waals surface area contributed by atoms with Gasteiger partial charge in [-0.05, 0) is 97.9 Å². The highest BCUT2D eigenvalue weighted by atomic mass is 16.3. The van der Waals surface area contributed by atoms with Crippen molar-refractivity contribution in [2.45, 2.75) is 62.4 Å². The SMILES string of the molecule is O=C(c1c[nH]c(=O)[nH]c1=O)N1C[C@H]2CC34CCC1C2C31CCN(CC2CC2)C4Cc2ccc(O)cc21. The smallest absolute Gasteiger partial charge is 0.325 e. The second-order valence-corrected chi connectivity index (χ2v) is 12.4. The van der Waals surface area contributed by atoms with E-state index in [-0.39, 0.29) is 28.3 Å². The number of phenols is 1. The molecule has 1 amide bonds. The van der Waals surface area contributed by atoms with E-state index in [1.165, 1.54) is 36.7 Å². The lowest BCUT2D eigenvalue weighted by atomic mass is 9.43. The van der Waals surface area contributed by atoms with Gasteiger partial charge in [-0.1, -0.05) is 6.07 Å². The Morgan fingerprint density at radius 1 is 1.17 bits per heavy atom. The van der Waals surface area contributed by atoms with Crippen molar-refractivity contribution in [3.05, 3.63) is 61.9 Å². The molecule has 188 valence electrons. The highest BCUT2D eigenvalue weighted by molar-refractivity contribution is 5.94. The van der Waals surface area contributed by atoms with Crippen LogP contribution in [0.4, 0.5) is 0 Å². The highest BCUT2D eigenvalue weighted by Gasteiger charge is 2.76. The Kier molecular flexibility index (Phi) is 4.08. The maximum Gasteiger partial charge on any atom is 0.325 e. The number of nitrogens with one attached hydrogen (secondary N) is 2. The zero-order valence-corrected chi connectivity index (χ0v) is 20.3. The summed E-state index contributed by atoms with van der Waals surface area (Å²) in [6, 6.07) is 6.63. The fourth-order valence-corrected chi connectivity index (χ4v) is 9.90. The summed E-state index contributed by atoms with van der Waals surface area (Å²) in [5.41, 5.74) is 1.66. The number of likely N-dealkylation sites (tertiary alicyclic amines) is 2. The normalized spacial score (nSPS) is 38.1. The second-order valence-electron chi connectivity index (χ2n) is 12.4. The number of amides is 1. The van der Waals surface area contributed by atoms with Crippen LogP contribution in [0.5, 0.6) is 5.75 Å². The van der Waals surface area contributed by atoms with Crippen LogP contribution < -0.4 is 11.2 Å². The molecule has 2 aliphatic heterocycles. The Morgan fingerprint density at radius 2 is 2.03 bits per heavy atom. The van der Waals surface area contributed by atoms with Crippen LogP contribution in [0, 0.1) is 23.2 Å². The lowest BCUT2D eigenvalue weighted by Crippen LogP contribution is -2.70. The van der Waals surface area contributed by atoms with Gasteiger partial charge in [-0.2, -0.15) is 0 Å². The molecule has 4 aliphatic carbocycles. The number of aromatic hydroxyl groups is 1. The molecule has 4 bridgehead atoms. The average Bonchev–Trinajstić information content (AvgIpc) is 3.54. The standard InChI is InChI=1S/C28H32N4O4/c33-18-4-3-16-9-22-27-6-5-21-23(28(27,20(16)10-18)7-8-31(22)13-15-1-2-15)17(11-27)14-32(21)25(35)19-12-29-26(36)30-24(19)34/h3-4,10,12,15,17,21-23,33H,1-2,5-9,11,13-14H2,(H2,29,30,34,36)/t17-,21?,22?,23?,27?,28?/m1/s1. The van der Waals surface area contributed by atoms with Gasteiger partial charge in [0.1, 0.15) is 11.3 Å². The van der Waals surface area contributed by atoms with Crippen LogP contribution in [-0.2, 0) is 11.8 Å². The van der Waals surface area contributed by atoms with Crippen LogP contribution in [0.1, 0.15) is 60.0 Å². The van der Waals surface area contributed by atoms with Crippen LogP contribution in [0.25, 0.3) is 0 Å². The molecule has 36 heavy (non-hydrogen) atoms. The Bertz CT molecular complexity index is 1410. The van der Waals surface area contributed by atoms with Crippen molar-refractivity contribution in [3.63, 3.8) is 0 Å². The van der Waals surface area contributed by atoms with E-state index in [2.05, 4.69) is 20.9 Å². The molecule has 8 heteroatoms. The summed E-state index contributed by atoms with van der Waals surface area (Å²) >= 11 is 0. The van der Waals surface area contributed by atoms with E-state index >= 15 is 0 Å². The number of hydrogen-bond acceptors (Lipinski definition) is 5. The molecule has 3 heterocycles. The van der Waals surface area contributed by atoms with Crippen molar-refractivity contribution < 1.29 is 9.90 Å². The molecule has 5 unspecified atom stereocenters. The summed E-state index contributed by atoms with van der Waals surface area (Å²) in [4.78, 5) is 47.1. The van der Waals surface area contributed by atoms with E-state index in [4.69, 9.17) is 0 Å². The minimum absolute atomic E-state index is 0.0164. The molecule has 2 aromatic rings. The molecule has 3 N–H and O–H groups in total. The zero-order valence-electron chi connectivity index (χ0n) is 20.3. The number of benzene rings is 1. The number of H-pyrrole nitrogens is 2. The number of rotatable bonds is 3. The van der Waals surface area contributed by atoms with Gasteiger partial charge in [0.15, 0.2) is 0 Å². The molecule has 1 aromatic heterocycles. The first-order chi connectivity index (χ1) is 17.4. The quantitative estimate of drug-likeness (QED) is 0.612. The summed E-state index contributed by atoms with van der Waals surface area (Å²) in [5.74, 6) is 1.65. The molecule has 5 fully saturated rings. The van der Waals surface area contributed by atoms with Crippen LogP contribution in [0.3, 0.4) is 0 Å². The zero-order chi connectivity index (χ0) is 24.4. The van der Waals surface area contributed by atoms with Gasteiger partial charge in [0.05, 0.1) is 0 Å². The predicted molar refractivity (Wildman–Crippen MR) is 132 cm³/mol. The Balaban J connectivity index is 1.24. The lowest BCUT2D eigenvalue weighted by molar-refractivity contribution is -0.102. The summed E-state index contributed by atoms with van der Waals surface area (Å²) in [7, 11) is 0. The first-order valence-electron chi connectivity index (χ1n) is 13.6. The van der Waals surface area contributed by atoms with Crippen molar-refractivity contribution in [2.75, 3.05) is 19.6 Å². The molecule has 8 rings (SSSR count). The molecule has 0 radical (unpaired) electrons.